The molecule has 3 heteroatoms. The smallest absolute Gasteiger partial charge is 0.162 e. The van der Waals surface area contributed by atoms with Gasteiger partial charge in [-0.05, 0) is 29.5 Å². The van der Waals surface area contributed by atoms with E-state index in [9.17, 15) is 0 Å². The summed E-state index contributed by atoms with van der Waals surface area (Å²) in [5.41, 5.74) is 3.94. The highest BCUT2D eigenvalue weighted by Crippen LogP contribution is 2.42. The second-order valence-electron chi connectivity index (χ2n) is 6.90. The van der Waals surface area contributed by atoms with E-state index < -0.39 is 0 Å². The first kappa shape index (κ1) is 15.8. The zero-order valence-corrected chi connectivity index (χ0v) is 14.3. The SMILES string of the molecule is CO[C@H]1Cc2ccccc2[C@@]2(CCN(CCc3ccccc3)C2)O1. The van der Waals surface area contributed by atoms with Crippen molar-refractivity contribution in [1.29, 1.82) is 0 Å². The molecule has 0 aliphatic carbocycles. The number of likely N-dealkylation sites (tertiary alicyclic amines) is 1. The summed E-state index contributed by atoms with van der Waals surface area (Å²) >= 11 is 0. The molecule has 2 aromatic rings. The molecule has 0 aromatic heterocycles. The van der Waals surface area contributed by atoms with Gasteiger partial charge in [-0.1, -0.05) is 54.6 Å². The Morgan fingerprint density at radius 3 is 2.75 bits per heavy atom. The summed E-state index contributed by atoms with van der Waals surface area (Å²) in [7, 11) is 1.74. The molecule has 1 saturated heterocycles. The van der Waals surface area contributed by atoms with Gasteiger partial charge in [0.2, 0.25) is 0 Å². The van der Waals surface area contributed by atoms with Crippen molar-refractivity contribution in [3.8, 4) is 0 Å². The fourth-order valence-corrected chi connectivity index (χ4v) is 4.11. The van der Waals surface area contributed by atoms with E-state index in [0.717, 1.165) is 38.9 Å². The third-order valence-corrected chi connectivity index (χ3v) is 5.39. The molecule has 2 heterocycles. The van der Waals surface area contributed by atoms with Gasteiger partial charge in [-0.15, -0.1) is 0 Å². The van der Waals surface area contributed by atoms with E-state index in [2.05, 4.69) is 59.5 Å². The first-order valence-corrected chi connectivity index (χ1v) is 8.84. The molecule has 0 saturated carbocycles. The van der Waals surface area contributed by atoms with Crippen LogP contribution in [0.25, 0.3) is 0 Å². The van der Waals surface area contributed by atoms with Gasteiger partial charge in [-0.25, -0.2) is 0 Å². The minimum absolute atomic E-state index is 0.131. The Bertz CT molecular complexity index is 687. The number of nitrogens with zero attached hydrogens (tertiary/aromatic N) is 1. The zero-order chi connectivity index (χ0) is 16.4. The number of hydrogen-bond acceptors (Lipinski definition) is 3. The minimum Gasteiger partial charge on any atom is -0.355 e. The standard InChI is InChI=1S/C21H25NO2/c1-23-20-15-18-9-5-6-10-19(18)21(24-20)12-14-22(16-21)13-11-17-7-3-2-4-8-17/h2-10,20H,11-16H2,1H3/t20-,21+/m1/s1. The summed E-state index contributed by atoms with van der Waals surface area (Å²) in [4.78, 5) is 2.53. The van der Waals surface area contributed by atoms with Crippen LogP contribution in [0.15, 0.2) is 54.6 Å². The second-order valence-corrected chi connectivity index (χ2v) is 6.90. The summed E-state index contributed by atoms with van der Waals surface area (Å²) in [5, 5.41) is 0. The van der Waals surface area contributed by atoms with Crippen LogP contribution in [0.2, 0.25) is 0 Å². The maximum absolute atomic E-state index is 6.43. The highest BCUT2D eigenvalue weighted by Gasteiger charge is 2.46. The first-order valence-electron chi connectivity index (χ1n) is 8.84. The van der Waals surface area contributed by atoms with Gasteiger partial charge in [0.1, 0.15) is 5.60 Å². The second kappa shape index (κ2) is 6.67. The first-order chi connectivity index (χ1) is 11.8. The van der Waals surface area contributed by atoms with Crippen molar-refractivity contribution in [2.24, 2.45) is 0 Å². The van der Waals surface area contributed by atoms with Crippen LogP contribution in [-0.2, 0) is 27.9 Å². The molecule has 3 nitrogen and oxygen atoms in total. The Kier molecular flexibility index (Phi) is 4.40. The minimum atomic E-state index is -0.202. The number of hydrogen-bond donors (Lipinski definition) is 0. The van der Waals surface area contributed by atoms with Crippen LogP contribution in [0.1, 0.15) is 23.1 Å². The number of rotatable bonds is 4. The third-order valence-electron chi connectivity index (χ3n) is 5.39. The molecular weight excluding hydrogens is 298 g/mol. The summed E-state index contributed by atoms with van der Waals surface area (Å²) in [5.74, 6) is 0. The van der Waals surface area contributed by atoms with Gasteiger partial charge in [0, 0.05) is 33.2 Å². The largest absolute Gasteiger partial charge is 0.355 e. The molecule has 126 valence electrons. The van der Waals surface area contributed by atoms with E-state index in [1.165, 1.54) is 16.7 Å². The monoisotopic (exact) mass is 323 g/mol. The Hall–Kier alpha value is -1.68. The highest BCUT2D eigenvalue weighted by molar-refractivity contribution is 5.36. The van der Waals surface area contributed by atoms with Crippen molar-refractivity contribution in [1.82, 2.24) is 4.90 Å². The number of fused-ring (bicyclic) bond motifs is 2. The van der Waals surface area contributed by atoms with Gasteiger partial charge in [0.15, 0.2) is 6.29 Å². The normalized spacial score (nSPS) is 26.6. The molecule has 0 amide bonds. The van der Waals surface area contributed by atoms with Crippen molar-refractivity contribution in [2.75, 3.05) is 26.7 Å². The maximum Gasteiger partial charge on any atom is 0.162 e. The average molecular weight is 323 g/mol. The summed E-state index contributed by atoms with van der Waals surface area (Å²) in [6.45, 7) is 3.11. The molecule has 2 aliphatic rings. The third kappa shape index (κ3) is 3.00. The van der Waals surface area contributed by atoms with Crippen molar-refractivity contribution in [3.63, 3.8) is 0 Å². The molecule has 2 aliphatic heterocycles. The molecule has 0 unspecified atom stereocenters. The fourth-order valence-electron chi connectivity index (χ4n) is 4.11. The number of methoxy groups -OCH3 is 1. The zero-order valence-electron chi connectivity index (χ0n) is 14.3. The molecule has 1 fully saturated rings. The molecule has 1 spiro atoms. The van der Waals surface area contributed by atoms with Crippen LogP contribution in [0.4, 0.5) is 0 Å². The molecule has 2 atom stereocenters. The maximum atomic E-state index is 6.43. The van der Waals surface area contributed by atoms with Gasteiger partial charge in [0.05, 0.1) is 0 Å². The predicted octanol–water partition coefficient (Wildman–Crippen LogP) is 3.38. The van der Waals surface area contributed by atoms with Crippen LogP contribution >= 0.6 is 0 Å². The quantitative estimate of drug-likeness (QED) is 0.861. The van der Waals surface area contributed by atoms with Crippen LogP contribution in [0.3, 0.4) is 0 Å². The van der Waals surface area contributed by atoms with E-state index in [4.69, 9.17) is 9.47 Å². The lowest BCUT2D eigenvalue weighted by Gasteiger charge is -2.39. The molecular formula is C21H25NO2. The summed E-state index contributed by atoms with van der Waals surface area (Å²) < 4.78 is 12.0. The van der Waals surface area contributed by atoms with Crippen molar-refractivity contribution >= 4 is 0 Å². The summed E-state index contributed by atoms with van der Waals surface area (Å²) in [6, 6.07) is 19.4. The molecule has 0 N–H and O–H groups in total. The lowest BCUT2D eigenvalue weighted by Crippen LogP contribution is -2.43. The Morgan fingerprint density at radius 2 is 1.92 bits per heavy atom. The number of benzene rings is 2. The van der Waals surface area contributed by atoms with Crippen LogP contribution in [-0.4, -0.2) is 37.9 Å². The van der Waals surface area contributed by atoms with E-state index in [0.29, 0.717) is 0 Å². The molecule has 2 aromatic carbocycles. The van der Waals surface area contributed by atoms with Gasteiger partial charge >= 0.3 is 0 Å². The van der Waals surface area contributed by atoms with Crippen molar-refractivity contribution in [3.05, 3.63) is 71.3 Å². The van der Waals surface area contributed by atoms with E-state index >= 15 is 0 Å². The van der Waals surface area contributed by atoms with E-state index in [1.807, 2.05) is 0 Å². The molecule has 0 bridgehead atoms. The van der Waals surface area contributed by atoms with Gasteiger partial charge in [0.25, 0.3) is 0 Å². The Morgan fingerprint density at radius 1 is 1.12 bits per heavy atom. The molecule has 24 heavy (non-hydrogen) atoms. The number of ether oxygens (including phenoxy) is 2. The average Bonchev–Trinajstić information content (AvgIpc) is 3.04. The van der Waals surface area contributed by atoms with Gasteiger partial charge in [-0.3, -0.25) is 4.90 Å². The van der Waals surface area contributed by atoms with Crippen LogP contribution in [0.5, 0.6) is 0 Å². The topological polar surface area (TPSA) is 21.7 Å². The van der Waals surface area contributed by atoms with E-state index in [-0.39, 0.29) is 11.9 Å². The van der Waals surface area contributed by atoms with Crippen LogP contribution in [0, 0.1) is 0 Å². The highest BCUT2D eigenvalue weighted by atomic mass is 16.7. The van der Waals surface area contributed by atoms with Crippen LogP contribution < -0.4 is 0 Å². The Labute approximate surface area is 144 Å². The van der Waals surface area contributed by atoms with Crippen molar-refractivity contribution in [2.45, 2.75) is 31.2 Å². The Balaban J connectivity index is 1.50. The molecule has 0 radical (unpaired) electrons. The van der Waals surface area contributed by atoms with Gasteiger partial charge in [-0.2, -0.15) is 0 Å². The fraction of sp³-hybridized carbons (Fsp3) is 0.429. The van der Waals surface area contributed by atoms with Gasteiger partial charge < -0.3 is 9.47 Å². The lowest BCUT2D eigenvalue weighted by molar-refractivity contribution is -0.208. The summed E-state index contributed by atoms with van der Waals surface area (Å²) in [6.07, 6.45) is 2.84. The molecule has 4 rings (SSSR count). The predicted molar refractivity (Wildman–Crippen MR) is 94.9 cm³/mol. The van der Waals surface area contributed by atoms with E-state index in [1.54, 1.807) is 7.11 Å². The van der Waals surface area contributed by atoms with Crippen molar-refractivity contribution < 1.29 is 9.47 Å². The lowest BCUT2D eigenvalue weighted by atomic mass is 9.85.